The first kappa shape index (κ1) is 14.2. The third-order valence-electron chi connectivity index (χ3n) is 5.17. The van der Waals surface area contributed by atoms with E-state index in [2.05, 4.69) is 32.8 Å². The zero-order chi connectivity index (χ0) is 14.9. The fourth-order valence-electron chi connectivity index (χ4n) is 3.97. The Morgan fingerprint density at radius 3 is 3.09 bits per heavy atom. The molecule has 0 bridgehead atoms. The number of likely N-dealkylation sites (tertiary alicyclic amines) is 1. The first-order valence-corrected chi connectivity index (χ1v) is 8.62. The summed E-state index contributed by atoms with van der Waals surface area (Å²) in [5.74, 6) is 1.22. The molecule has 2 fully saturated rings. The molecule has 0 saturated carbocycles. The summed E-state index contributed by atoms with van der Waals surface area (Å²) >= 11 is 0. The lowest BCUT2D eigenvalue weighted by Gasteiger charge is -2.19. The summed E-state index contributed by atoms with van der Waals surface area (Å²) in [7, 11) is 0. The van der Waals surface area contributed by atoms with E-state index < -0.39 is 0 Å². The van der Waals surface area contributed by atoms with Crippen molar-refractivity contribution in [1.82, 2.24) is 24.8 Å². The minimum absolute atomic E-state index is 0.524. The molecule has 5 heteroatoms. The van der Waals surface area contributed by atoms with Crippen LogP contribution in [0.2, 0.25) is 0 Å². The van der Waals surface area contributed by atoms with Crippen LogP contribution in [0.15, 0.2) is 18.3 Å². The van der Waals surface area contributed by atoms with Gasteiger partial charge < -0.3 is 14.8 Å². The number of rotatable bonds is 4. The average Bonchev–Trinajstić information content (AvgIpc) is 3.25. The SMILES string of the molecule is CCN1CCC(n2c(CC3CCCN3)nc3cccnc32)C1. The number of hydrogen-bond acceptors (Lipinski definition) is 4. The predicted molar refractivity (Wildman–Crippen MR) is 88.0 cm³/mol. The largest absolute Gasteiger partial charge is 0.314 e. The summed E-state index contributed by atoms with van der Waals surface area (Å²) in [6, 6.07) is 5.19. The van der Waals surface area contributed by atoms with Gasteiger partial charge in [-0.15, -0.1) is 0 Å². The predicted octanol–water partition coefficient (Wildman–Crippen LogP) is 1.99. The quantitative estimate of drug-likeness (QED) is 0.938. The Balaban J connectivity index is 1.70. The molecule has 118 valence electrons. The molecule has 0 radical (unpaired) electrons. The van der Waals surface area contributed by atoms with Gasteiger partial charge in [-0.05, 0) is 44.5 Å². The molecule has 2 aromatic rings. The van der Waals surface area contributed by atoms with Crippen molar-refractivity contribution in [3.63, 3.8) is 0 Å². The van der Waals surface area contributed by atoms with Crippen molar-refractivity contribution in [3.05, 3.63) is 24.2 Å². The molecule has 1 N–H and O–H groups in total. The Hall–Kier alpha value is -1.46. The molecule has 2 aromatic heterocycles. The van der Waals surface area contributed by atoms with Gasteiger partial charge in [0.15, 0.2) is 5.65 Å². The molecule has 2 aliphatic rings. The Morgan fingerprint density at radius 1 is 1.36 bits per heavy atom. The van der Waals surface area contributed by atoms with Crippen LogP contribution < -0.4 is 5.32 Å². The molecule has 0 aromatic carbocycles. The van der Waals surface area contributed by atoms with Crippen LogP contribution in [0, 0.1) is 0 Å². The number of imidazole rings is 1. The number of likely N-dealkylation sites (N-methyl/N-ethyl adjacent to an activating group) is 1. The highest BCUT2D eigenvalue weighted by Gasteiger charge is 2.28. The number of fused-ring (bicyclic) bond motifs is 1. The van der Waals surface area contributed by atoms with Gasteiger partial charge in [0, 0.05) is 31.7 Å². The van der Waals surface area contributed by atoms with Gasteiger partial charge in [0.1, 0.15) is 11.3 Å². The molecule has 0 amide bonds. The smallest absolute Gasteiger partial charge is 0.160 e. The van der Waals surface area contributed by atoms with Crippen molar-refractivity contribution >= 4 is 11.2 Å². The van der Waals surface area contributed by atoms with Crippen molar-refractivity contribution < 1.29 is 0 Å². The van der Waals surface area contributed by atoms with Crippen LogP contribution in [0.5, 0.6) is 0 Å². The lowest BCUT2D eigenvalue weighted by molar-refractivity contribution is 0.340. The summed E-state index contributed by atoms with van der Waals surface area (Å²) in [5.41, 5.74) is 2.11. The maximum atomic E-state index is 4.91. The number of pyridine rings is 1. The fourth-order valence-corrected chi connectivity index (χ4v) is 3.97. The normalized spacial score (nSPS) is 26.2. The minimum atomic E-state index is 0.524. The number of nitrogens with zero attached hydrogens (tertiary/aromatic N) is 4. The van der Waals surface area contributed by atoms with Crippen LogP contribution >= 0.6 is 0 Å². The van der Waals surface area contributed by atoms with Gasteiger partial charge >= 0.3 is 0 Å². The van der Waals surface area contributed by atoms with Crippen LogP contribution in [-0.2, 0) is 6.42 Å². The Bertz CT molecular complexity index is 644. The van der Waals surface area contributed by atoms with Crippen molar-refractivity contribution in [2.45, 2.75) is 44.7 Å². The van der Waals surface area contributed by atoms with Crippen LogP contribution in [0.4, 0.5) is 0 Å². The first-order valence-electron chi connectivity index (χ1n) is 8.62. The van der Waals surface area contributed by atoms with Crippen LogP contribution in [-0.4, -0.2) is 51.7 Å². The van der Waals surface area contributed by atoms with Gasteiger partial charge in [-0.3, -0.25) is 0 Å². The maximum Gasteiger partial charge on any atom is 0.160 e. The van der Waals surface area contributed by atoms with Gasteiger partial charge in [0.25, 0.3) is 0 Å². The highest BCUT2D eigenvalue weighted by atomic mass is 15.2. The van der Waals surface area contributed by atoms with Crippen LogP contribution in [0.25, 0.3) is 11.2 Å². The Morgan fingerprint density at radius 2 is 2.32 bits per heavy atom. The molecule has 2 saturated heterocycles. The van der Waals surface area contributed by atoms with Crippen molar-refractivity contribution in [2.75, 3.05) is 26.2 Å². The van der Waals surface area contributed by atoms with Gasteiger partial charge in [-0.1, -0.05) is 6.92 Å². The number of aromatic nitrogens is 3. The Labute approximate surface area is 131 Å². The third kappa shape index (κ3) is 2.52. The van der Waals surface area contributed by atoms with E-state index in [1.807, 2.05) is 12.3 Å². The lowest BCUT2D eigenvalue weighted by atomic mass is 10.1. The second-order valence-electron chi connectivity index (χ2n) is 6.58. The van der Waals surface area contributed by atoms with Crippen molar-refractivity contribution in [3.8, 4) is 0 Å². The van der Waals surface area contributed by atoms with Gasteiger partial charge in [0.2, 0.25) is 0 Å². The first-order chi connectivity index (χ1) is 10.8. The molecular formula is C17H25N5. The topological polar surface area (TPSA) is 46.0 Å². The summed E-state index contributed by atoms with van der Waals surface area (Å²) in [6.07, 6.45) is 6.68. The zero-order valence-electron chi connectivity index (χ0n) is 13.3. The van der Waals surface area contributed by atoms with E-state index in [1.54, 1.807) is 0 Å². The molecule has 5 nitrogen and oxygen atoms in total. The molecule has 22 heavy (non-hydrogen) atoms. The summed E-state index contributed by atoms with van der Waals surface area (Å²) in [5, 5.41) is 3.60. The molecule has 0 spiro atoms. The van der Waals surface area contributed by atoms with E-state index >= 15 is 0 Å². The van der Waals surface area contributed by atoms with E-state index in [1.165, 1.54) is 31.6 Å². The second kappa shape index (κ2) is 5.97. The molecule has 2 atom stereocenters. The van der Waals surface area contributed by atoms with E-state index in [-0.39, 0.29) is 0 Å². The van der Waals surface area contributed by atoms with Crippen molar-refractivity contribution in [2.24, 2.45) is 0 Å². The van der Waals surface area contributed by atoms with Crippen molar-refractivity contribution in [1.29, 1.82) is 0 Å². The third-order valence-corrected chi connectivity index (χ3v) is 5.17. The summed E-state index contributed by atoms with van der Waals surface area (Å²) in [4.78, 5) is 12.1. The van der Waals surface area contributed by atoms with Gasteiger partial charge in [-0.25, -0.2) is 9.97 Å². The molecule has 0 aliphatic carbocycles. The molecule has 4 heterocycles. The minimum Gasteiger partial charge on any atom is -0.314 e. The van der Waals surface area contributed by atoms with E-state index in [0.717, 1.165) is 37.2 Å². The van der Waals surface area contributed by atoms with E-state index in [4.69, 9.17) is 4.98 Å². The zero-order valence-corrected chi connectivity index (χ0v) is 13.3. The molecule has 2 unspecified atom stereocenters. The number of nitrogens with one attached hydrogen (secondary N) is 1. The summed E-state index contributed by atoms with van der Waals surface area (Å²) in [6.45, 7) is 6.85. The van der Waals surface area contributed by atoms with E-state index in [9.17, 15) is 0 Å². The highest BCUT2D eigenvalue weighted by molar-refractivity contribution is 5.71. The molecule has 4 rings (SSSR count). The maximum absolute atomic E-state index is 4.91. The van der Waals surface area contributed by atoms with Gasteiger partial charge in [-0.2, -0.15) is 0 Å². The standard InChI is InChI=1S/C17H25N5/c1-2-21-10-7-14(12-21)22-16(11-13-5-3-8-18-13)20-15-6-4-9-19-17(15)22/h4,6,9,13-14,18H,2-3,5,7-8,10-12H2,1H3. The molecular weight excluding hydrogens is 274 g/mol. The van der Waals surface area contributed by atoms with Crippen LogP contribution in [0.1, 0.15) is 38.1 Å². The lowest BCUT2D eigenvalue weighted by Crippen LogP contribution is -2.27. The van der Waals surface area contributed by atoms with E-state index in [0.29, 0.717) is 12.1 Å². The second-order valence-corrected chi connectivity index (χ2v) is 6.58. The fraction of sp³-hybridized carbons (Fsp3) is 0.647. The molecule has 2 aliphatic heterocycles. The highest BCUT2D eigenvalue weighted by Crippen LogP contribution is 2.28. The van der Waals surface area contributed by atoms with Crippen LogP contribution in [0.3, 0.4) is 0 Å². The summed E-state index contributed by atoms with van der Waals surface area (Å²) < 4.78 is 2.44. The van der Waals surface area contributed by atoms with Gasteiger partial charge in [0.05, 0.1) is 6.04 Å². The number of hydrogen-bond donors (Lipinski definition) is 1. The monoisotopic (exact) mass is 299 g/mol. The Kier molecular flexibility index (Phi) is 3.84. The average molecular weight is 299 g/mol.